The summed E-state index contributed by atoms with van der Waals surface area (Å²) in [7, 11) is 5.14. The van der Waals surface area contributed by atoms with E-state index in [9.17, 15) is 9.59 Å². The van der Waals surface area contributed by atoms with Gasteiger partial charge in [-0.05, 0) is 67.2 Å². The summed E-state index contributed by atoms with van der Waals surface area (Å²) < 4.78 is 22.4. The number of anilines is 1. The number of hydrogen-bond acceptors (Lipinski definition) is 9. The fourth-order valence-corrected chi connectivity index (χ4v) is 5.25. The molecule has 2 aromatic heterocycles. The fourth-order valence-electron chi connectivity index (χ4n) is 5.25. The number of nitrogens with one attached hydrogen (secondary N) is 1. The maximum atomic E-state index is 13.2. The summed E-state index contributed by atoms with van der Waals surface area (Å²) in [4.78, 5) is 36.3. The molecule has 1 saturated heterocycles. The second kappa shape index (κ2) is 15.2. The molecule has 0 aliphatic carbocycles. The zero-order chi connectivity index (χ0) is 32.5. The Kier molecular flexibility index (Phi) is 10.6. The van der Waals surface area contributed by atoms with E-state index >= 15 is 0 Å². The van der Waals surface area contributed by atoms with Gasteiger partial charge in [-0.15, -0.1) is 0 Å². The molecule has 0 bridgehead atoms. The first-order valence-corrected chi connectivity index (χ1v) is 15.1. The topological polar surface area (TPSA) is 112 Å². The first-order valence-electron chi connectivity index (χ1n) is 15.1. The molecule has 1 aliphatic heterocycles. The average Bonchev–Trinajstić information content (AvgIpc) is 3.07. The van der Waals surface area contributed by atoms with E-state index in [2.05, 4.69) is 20.2 Å². The van der Waals surface area contributed by atoms with Gasteiger partial charge in [-0.1, -0.05) is 29.8 Å². The Hall–Kier alpha value is -5.22. The third-order valence-electron chi connectivity index (χ3n) is 7.74. The minimum Gasteiger partial charge on any atom is -0.493 e. The van der Waals surface area contributed by atoms with Crippen LogP contribution in [0.5, 0.6) is 23.0 Å². The number of allylic oxidation sites excluding steroid dienone is 2. The van der Waals surface area contributed by atoms with Crippen LogP contribution in [-0.2, 0) is 14.3 Å². The summed E-state index contributed by atoms with van der Waals surface area (Å²) in [6.45, 7) is 4.41. The van der Waals surface area contributed by atoms with Gasteiger partial charge in [0.25, 0.3) is 5.91 Å². The van der Waals surface area contributed by atoms with E-state index in [0.29, 0.717) is 40.7 Å². The number of fused-ring (bicyclic) bond motifs is 1. The zero-order valence-corrected chi connectivity index (χ0v) is 26.5. The third-order valence-corrected chi connectivity index (χ3v) is 7.74. The molecule has 46 heavy (non-hydrogen) atoms. The molecular formula is C36H38N4O6. The van der Waals surface area contributed by atoms with Gasteiger partial charge < -0.3 is 29.2 Å². The quantitative estimate of drug-likeness (QED) is 0.0648. The van der Waals surface area contributed by atoms with Crippen molar-refractivity contribution in [2.45, 2.75) is 19.8 Å². The predicted octanol–water partition coefficient (Wildman–Crippen LogP) is 6.21. The number of rotatable bonds is 12. The number of nitrogens with zero attached hydrogens (tertiary/aromatic N) is 3. The lowest BCUT2D eigenvalue weighted by Crippen LogP contribution is -2.26. The minimum absolute atomic E-state index is 0.0268. The van der Waals surface area contributed by atoms with Gasteiger partial charge in [0, 0.05) is 50.7 Å². The maximum absolute atomic E-state index is 13.2. The predicted molar refractivity (Wildman–Crippen MR) is 177 cm³/mol. The van der Waals surface area contributed by atoms with Crippen LogP contribution in [0.15, 0.2) is 84.8 Å². The number of aldehydes is 1. The summed E-state index contributed by atoms with van der Waals surface area (Å²) in [6.07, 6.45) is 9.31. The molecule has 1 N–H and O–H groups in total. The van der Waals surface area contributed by atoms with Crippen molar-refractivity contribution >= 4 is 34.5 Å². The Morgan fingerprint density at radius 2 is 1.74 bits per heavy atom. The van der Waals surface area contributed by atoms with Gasteiger partial charge in [0.2, 0.25) is 0 Å². The molecule has 0 atom stereocenters. The summed E-state index contributed by atoms with van der Waals surface area (Å²) in [6, 6.07) is 16.6. The van der Waals surface area contributed by atoms with Crippen molar-refractivity contribution in [3.8, 4) is 23.0 Å². The van der Waals surface area contributed by atoms with Crippen LogP contribution in [0.3, 0.4) is 0 Å². The Morgan fingerprint density at radius 3 is 2.41 bits per heavy atom. The van der Waals surface area contributed by atoms with Crippen molar-refractivity contribution in [2.75, 3.05) is 46.3 Å². The Bertz CT molecular complexity index is 1730. The highest BCUT2D eigenvalue weighted by molar-refractivity contribution is 6.17. The summed E-state index contributed by atoms with van der Waals surface area (Å²) in [5.74, 6) is 2.34. The average molecular weight is 623 g/mol. The summed E-state index contributed by atoms with van der Waals surface area (Å²) >= 11 is 0. The smallest absolute Gasteiger partial charge is 0.260 e. The molecule has 10 heteroatoms. The zero-order valence-electron chi connectivity index (χ0n) is 26.5. The molecule has 10 nitrogen and oxygen atoms in total. The van der Waals surface area contributed by atoms with E-state index in [1.807, 2.05) is 44.4 Å². The fraction of sp³-hybridized carbons (Fsp3) is 0.278. The van der Waals surface area contributed by atoms with Crippen LogP contribution in [0.4, 0.5) is 5.82 Å². The molecule has 1 aliphatic rings. The summed E-state index contributed by atoms with van der Waals surface area (Å²) in [5, 5.41) is 3.46. The van der Waals surface area contributed by atoms with Crippen molar-refractivity contribution in [1.82, 2.24) is 14.9 Å². The minimum atomic E-state index is -0.567. The molecule has 4 aromatic rings. The van der Waals surface area contributed by atoms with Crippen LogP contribution in [0, 0.1) is 12.8 Å². The molecule has 0 saturated carbocycles. The molecule has 1 fully saturated rings. The second-order valence-electron chi connectivity index (χ2n) is 11.1. The number of methoxy groups -OCH3 is 2. The van der Waals surface area contributed by atoms with Crippen molar-refractivity contribution < 1.29 is 28.5 Å². The van der Waals surface area contributed by atoms with Crippen LogP contribution >= 0.6 is 0 Å². The Morgan fingerprint density at radius 1 is 1.00 bits per heavy atom. The van der Waals surface area contributed by atoms with Gasteiger partial charge in [-0.3, -0.25) is 14.6 Å². The first kappa shape index (κ1) is 32.2. The van der Waals surface area contributed by atoms with Crippen LogP contribution in [-0.4, -0.2) is 68.1 Å². The number of aryl methyl sites for hydroxylation is 1. The first-order chi connectivity index (χ1) is 22.4. The normalized spacial score (nSPS) is 14.1. The number of pyridine rings is 2. The van der Waals surface area contributed by atoms with E-state index in [1.165, 1.54) is 6.20 Å². The van der Waals surface area contributed by atoms with Crippen molar-refractivity contribution in [3.05, 3.63) is 96.0 Å². The number of ether oxygens (including phenoxy) is 4. The van der Waals surface area contributed by atoms with E-state index in [1.54, 1.807) is 56.8 Å². The van der Waals surface area contributed by atoms with Gasteiger partial charge >= 0.3 is 0 Å². The van der Waals surface area contributed by atoms with Crippen LogP contribution < -0.4 is 19.5 Å². The van der Waals surface area contributed by atoms with Crippen LogP contribution in [0.1, 0.15) is 24.0 Å². The van der Waals surface area contributed by atoms with Crippen molar-refractivity contribution in [2.24, 2.45) is 5.92 Å². The van der Waals surface area contributed by atoms with Crippen molar-refractivity contribution in [3.63, 3.8) is 0 Å². The number of carbonyl (C=O) groups excluding carboxylic acids is 2. The molecule has 3 heterocycles. The monoisotopic (exact) mass is 622 g/mol. The van der Waals surface area contributed by atoms with E-state index in [4.69, 9.17) is 18.9 Å². The van der Waals surface area contributed by atoms with Crippen LogP contribution in [0.2, 0.25) is 0 Å². The molecule has 5 rings (SSSR count). The number of carbonyl (C=O) groups is 2. The number of amides is 1. The molecule has 1 amide bonds. The number of hydrogen-bond donors (Lipinski definition) is 1. The van der Waals surface area contributed by atoms with Crippen molar-refractivity contribution in [1.29, 1.82) is 0 Å². The van der Waals surface area contributed by atoms with Crippen LogP contribution in [0.25, 0.3) is 16.5 Å². The van der Waals surface area contributed by atoms with Gasteiger partial charge in [0.05, 0.1) is 31.5 Å². The highest BCUT2D eigenvalue weighted by Gasteiger charge is 2.17. The highest BCUT2D eigenvalue weighted by Crippen LogP contribution is 2.36. The van der Waals surface area contributed by atoms with Gasteiger partial charge in [0.15, 0.2) is 17.8 Å². The lowest BCUT2D eigenvalue weighted by molar-refractivity contribution is -0.115. The molecule has 0 spiro atoms. The SMILES string of the molecule is COc1cc2nccc(Oc3ccc(NC(=O)/C(C=O)=C/C(=C\N(C)CC4CCOCC4)c4ccc(C)cc4)nc3)c2cc1OC. The molecule has 2 aromatic carbocycles. The summed E-state index contributed by atoms with van der Waals surface area (Å²) in [5.41, 5.74) is 3.42. The Labute approximate surface area is 268 Å². The largest absolute Gasteiger partial charge is 0.493 e. The van der Waals surface area contributed by atoms with E-state index < -0.39 is 5.91 Å². The molecule has 0 radical (unpaired) electrons. The lowest BCUT2D eigenvalue weighted by atomic mass is 9.99. The van der Waals surface area contributed by atoms with E-state index in [-0.39, 0.29) is 11.4 Å². The highest BCUT2D eigenvalue weighted by atomic mass is 16.5. The van der Waals surface area contributed by atoms with Gasteiger partial charge in [-0.2, -0.15) is 0 Å². The lowest BCUT2D eigenvalue weighted by Gasteiger charge is -2.27. The Balaban J connectivity index is 1.32. The second-order valence-corrected chi connectivity index (χ2v) is 11.1. The molecule has 238 valence electrons. The maximum Gasteiger partial charge on any atom is 0.260 e. The standard InChI is InChI=1S/C36H38N4O6/c1-24-5-7-26(8-6-24)27(22-40(2)21-25-12-15-45-16-13-25)17-28(23-41)36(42)39-35-10-9-29(20-38-35)46-32-11-14-37-31-19-34(44-4)33(43-3)18-30(31)32/h5-11,14,17-20,22-23,25H,12-13,15-16,21H2,1-4H3,(H,38,39,42)/b27-22+,28-17+. The van der Waals surface area contributed by atoms with E-state index in [0.717, 1.165) is 54.7 Å². The van der Waals surface area contributed by atoms with Gasteiger partial charge in [-0.25, -0.2) is 4.98 Å². The van der Waals surface area contributed by atoms with Gasteiger partial charge in [0.1, 0.15) is 17.3 Å². The molecule has 0 unspecified atom stereocenters. The number of benzene rings is 2. The third kappa shape index (κ3) is 8.08. The number of aromatic nitrogens is 2. The molecular weight excluding hydrogens is 584 g/mol.